The summed E-state index contributed by atoms with van der Waals surface area (Å²) in [5, 5.41) is 16.6. The topological polar surface area (TPSA) is 228 Å². The maximum absolute atomic E-state index is 13.9. The van der Waals surface area contributed by atoms with E-state index < -0.39 is 13.7 Å². The van der Waals surface area contributed by atoms with E-state index in [0.29, 0.717) is 93.1 Å². The largest absolute Gasteiger partial charge is 0.460 e. The number of aromatic amines is 1. The molecule has 0 spiro atoms. The summed E-state index contributed by atoms with van der Waals surface area (Å²) in [6.07, 6.45) is 9.87. The van der Waals surface area contributed by atoms with Gasteiger partial charge in [-0.3, -0.25) is 23.7 Å². The van der Waals surface area contributed by atoms with Crippen LogP contribution in [0, 0.1) is 17.6 Å². The number of nitrogens with two attached hydrogens (primary N) is 1. The standard InChI is InChI=1S/C31H41FN6O4Si.C19H18FN7O/c1-31(2,3)42-26(39)14-19-12-21(13-19)34-30(40)23-17-38(18-41-10-11-43(5,6)7)29-28(23)35-24(16-33-29)27-22-9-8-20(32)15-25(22)37(4)36-27;1-27-15-4-9(20)2-3-12(15)16(26-27)14-8-23-18-17(25-14)13(7-22-18)19(28)24-11-5-10(21)6-11/h8-9,15-17,19,21H,10-14,18H2,1-7H3,(H,34,40);2-4,7-8,10-11H,5-6,21H2,1H3,(H,22,23)(H,24,28). The molecule has 2 aliphatic rings. The van der Waals surface area contributed by atoms with Crippen LogP contribution in [0.2, 0.25) is 25.7 Å². The van der Waals surface area contributed by atoms with Crippen molar-refractivity contribution in [2.75, 3.05) is 6.61 Å². The highest BCUT2D eigenvalue weighted by atomic mass is 28.3. The normalized spacial score (nSPS) is 18.0. The number of fused-ring (bicyclic) bond motifs is 4. The van der Waals surface area contributed by atoms with E-state index in [9.17, 15) is 23.2 Å². The zero-order valence-corrected chi connectivity index (χ0v) is 42.1. The molecule has 0 radical (unpaired) electrons. The number of aryl methyl sites for hydroxylation is 2. The number of aromatic nitrogens is 10. The first-order valence-corrected chi connectivity index (χ1v) is 27.5. The maximum atomic E-state index is 13.9. The van der Waals surface area contributed by atoms with Gasteiger partial charge in [-0.15, -0.1) is 0 Å². The molecule has 0 bridgehead atoms. The molecule has 2 aromatic carbocycles. The zero-order valence-electron chi connectivity index (χ0n) is 41.1. The van der Waals surface area contributed by atoms with Crippen molar-refractivity contribution >= 4 is 70.0 Å². The number of rotatable bonds is 13. The molecule has 71 heavy (non-hydrogen) atoms. The second-order valence-corrected chi connectivity index (χ2v) is 26.5. The second kappa shape index (κ2) is 19.3. The molecular formula is C50H59F2N13O5Si. The molecule has 6 heterocycles. The number of hydrogen-bond donors (Lipinski definition) is 4. The van der Waals surface area contributed by atoms with Crippen molar-refractivity contribution in [2.24, 2.45) is 25.7 Å². The predicted octanol–water partition coefficient (Wildman–Crippen LogP) is 7.55. The minimum Gasteiger partial charge on any atom is -0.460 e. The Morgan fingerprint density at radius 1 is 0.817 bits per heavy atom. The summed E-state index contributed by atoms with van der Waals surface area (Å²) in [6, 6.07) is 10.2. The molecule has 18 nitrogen and oxygen atoms in total. The number of esters is 1. The average molecular weight is 988 g/mol. The van der Waals surface area contributed by atoms with E-state index in [2.05, 4.69) is 60.4 Å². The van der Waals surface area contributed by atoms with Gasteiger partial charge in [0.05, 0.1) is 34.6 Å². The first kappa shape index (κ1) is 49.0. The van der Waals surface area contributed by atoms with Crippen LogP contribution in [0.3, 0.4) is 0 Å². The molecular weight excluding hydrogens is 929 g/mol. The van der Waals surface area contributed by atoms with E-state index in [0.717, 1.165) is 29.7 Å². The number of ether oxygens (including phenoxy) is 2. The first-order chi connectivity index (χ1) is 33.7. The predicted molar refractivity (Wildman–Crippen MR) is 268 cm³/mol. The van der Waals surface area contributed by atoms with Crippen LogP contribution in [0.15, 0.2) is 61.2 Å². The Morgan fingerprint density at radius 2 is 1.38 bits per heavy atom. The van der Waals surface area contributed by atoms with Gasteiger partial charge >= 0.3 is 5.97 Å². The quantitative estimate of drug-likeness (QED) is 0.0499. The number of nitrogens with one attached hydrogen (secondary N) is 3. The van der Waals surface area contributed by atoms with Gasteiger partial charge in [-0.1, -0.05) is 19.6 Å². The fraction of sp³-hybridized carbons (Fsp3) is 0.420. The van der Waals surface area contributed by atoms with Crippen molar-refractivity contribution in [1.29, 1.82) is 0 Å². The molecule has 10 rings (SSSR count). The number of carbonyl (C=O) groups is 3. The molecule has 0 saturated heterocycles. The van der Waals surface area contributed by atoms with Crippen molar-refractivity contribution in [2.45, 2.75) is 109 Å². The van der Waals surface area contributed by atoms with E-state index >= 15 is 0 Å². The summed E-state index contributed by atoms with van der Waals surface area (Å²) in [6.45, 7) is 13.3. The number of amides is 2. The van der Waals surface area contributed by atoms with E-state index in [1.165, 1.54) is 24.3 Å². The van der Waals surface area contributed by atoms with Crippen LogP contribution in [0.25, 0.3) is 66.9 Å². The fourth-order valence-electron chi connectivity index (χ4n) is 8.93. The SMILES string of the molecule is Cn1nc(-c2cnc3[nH]cc(C(=O)NC4CC(N)C4)c3n2)c2ccc(F)cc21.Cn1nc(-c2cnc3c(n2)c(C(=O)NC2CC(CC(=O)OC(C)(C)C)C2)cn3COCC[Si](C)(C)C)c2ccc(F)cc21. The molecule has 2 aliphatic carbocycles. The van der Waals surface area contributed by atoms with E-state index in [-0.39, 0.29) is 60.2 Å². The van der Waals surface area contributed by atoms with Gasteiger partial charge in [-0.25, -0.2) is 28.7 Å². The summed E-state index contributed by atoms with van der Waals surface area (Å²) < 4.78 is 43.9. The lowest BCUT2D eigenvalue weighted by Crippen LogP contribution is -2.50. The number of hydrogen-bond acceptors (Lipinski definition) is 12. The third kappa shape index (κ3) is 10.9. The second-order valence-electron chi connectivity index (χ2n) is 20.9. The lowest BCUT2D eigenvalue weighted by Gasteiger charge is -2.35. The molecule has 21 heteroatoms. The van der Waals surface area contributed by atoms with Crippen LogP contribution in [0.1, 0.15) is 73.6 Å². The van der Waals surface area contributed by atoms with E-state index in [1.807, 2.05) is 25.3 Å². The fourth-order valence-corrected chi connectivity index (χ4v) is 9.69. The highest BCUT2D eigenvalue weighted by Gasteiger charge is 2.34. The third-order valence-electron chi connectivity index (χ3n) is 12.7. The van der Waals surface area contributed by atoms with Gasteiger partial charge in [0.2, 0.25) is 0 Å². The summed E-state index contributed by atoms with van der Waals surface area (Å²) >= 11 is 0. The van der Waals surface area contributed by atoms with Crippen molar-refractivity contribution in [1.82, 2.24) is 59.7 Å². The number of carbonyl (C=O) groups excluding carboxylic acids is 3. The zero-order chi connectivity index (χ0) is 50.5. The number of benzene rings is 2. The van der Waals surface area contributed by atoms with Crippen LogP contribution in [0.5, 0.6) is 0 Å². The van der Waals surface area contributed by atoms with Gasteiger partial charge in [0, 0.05) is 76.5 Å². The van der Waals surface area contributed by atoms with Crippen LogP contribution in [-0.4, -0.2) is 105 Å². The molecule has 0 unspecified atom stereocenters. The van der Waals surface area contributed by atoms with Crippen LogP contribution >= 0.6 is 0 Å². The van der Waals surface area contributed by atoms with Crippen molar-refractivity contribution in [3.8, 4) is 22.8 Å². The van der Waals surface area contributed by atoms with Gasteiger partial charge < -0.3 is 35.4 Å². The van der Waals surface area contributed by atoms with Crippen LogP contribution < -0.4 is 16.4 Å². The monoisotopic (exact) mass is 987 g/mol. The molecule has 2 saturated carbocycles. The van der Waals surface area contributed by atoms with Crippen LogP contribution in [-0.2, 0) is 35.1 Å². The van der Waals surface area contributed by atoms with Gasteiger partial charge in [0.15, 0.2) is 11.3 Å². The Kier molecular flexibility index (Phi) is 13.3. The summed E-state index contributed by atoms with van der Waals surface area (Å²) in [7, 11) is 2.23. The summed E-state index contributed by atoms with van der Waals surface area (Å²) in [5.74, 6) is -1.18. The molecule has 6 aromatic heterocycles. The Hall–Kier alpha value is -6.97. The minimum atomic E-state index is -1.26. The lowest BCUT2D eigenvalue weighted by atomic mass is 9.78. The molecule has 0 atom stereocenters. The molecule has 0 aliphatic heterocycles. The van der Waals surface area contributed by atoms with Gasteiger partial charge in [0.1, 0.15) is 57.8 Å². The maximum Gasteiger partial charge on any atom is 0.306 e. The number of nitrogens with zero attached hydrogens (tertiary/aromatic N) is 9. The molecule has 2 fully saturated rings. The van der Waals surface area contributed by atoms with Crippen molar-refractivity contribution in [3.63, 3.8) is 0 Å². The molecule has 372 valence electrons. The first-order valence-electron chi connectivity index (χ1n) is 23.8. The minimum absolute atomic E-state index is 0.0443. The summed E-state index contributed by atoms with van der Waals surface area (Å²) in [5.41, 5.74) is 11.5. The lowest BCUT2D eigenvalue weighted by molar-refractivity contribution is -0.156. The Balaban J connectivity index is 0.000000191. The smallest absolute Gasteiger partial charge is 0.306 e. The Morgan fingerprint density at radius 3 is 1.96 bits per heavy atom. The van der Waals surface area contributed by atoms with Crippen molar-refractivity contribution in [3.05, 3.63) is 83.9 Å². The van der Waals surface area contributed by atoms with Crippen molar-refractivity contribution < 1.29 is 32.6 Å². The van der Waals surface area contributed by atoms with Gasteiger partial charge in [-0.05, 0) is 94.8 Å². The highest BCUT2D eigenvalue weighted by molar-refractivity contribution is 6.76. The molecule has 5 N–H and O–H groups in total. The van der Waals surface area contributed by atoms with Gasteiger partial charge in [0.25, 0.3) is 11.8 Å². The van der Waals surface area contributed by atoms with Gasteiger partial charge in [-0.2, -0.15) is 10.2 Å². The van der Waals surface area contributed by atoms with E-state index in [4.69, 9.17) is 20.2 Å². The number of halogens is 2. The van der Waals surface area contributed by atoms with Crippen LogP contribution in [0.4, 0.5) is 8.78 Å². The highest BCUT2D eigenvalue weighted by Crippen LogP contribution is 2.34. The Bertz CT molecular complexity index is 3320. The average Bonchev–Trinajstić information content (AvgIpc) is 4.04. The Labute approximate surface area is 409 Å². The summed E-state index contributed by atoms with van der Waals surface area (Å²) in [4.78, 5) is 59.9. The molecule has 2 amide bonds. The molecule has 8 aromatic rings. The van der Waals surface area contributed by atoms with E-state index in [1.54, 1.807) is 60.4 Å². The number of H-pyrrole nitrogens is 1. The third-order valence-corrected chi connectivity index (χ3v) is 14.4.